The zero-order valence-corrected chi connectivity index (χ0v) is 11.4. The molecule has 1 aliphatic rings. The van der Waals surface area contributed by atoms with Crippen LogP contribution in [-0.2, 0) is 14.9 Å². The molecule has 0 spiro atoms. The lowest BCUT2D eigenvalue weighted by Gasteiger charge is -2.23. The molecule has 1 aliphatic heterocycles. The first-order valence-corrected chi connectivity index (χ1v) is 7.70. The summed E-state index contributed by atoms with van der Waals surface area (Å²) in [5, 5.41) is 0. The van der Waals surface area contributed by atoms with E-state index in [-0.39, 0.29) is 16.6 Å². The summed E-state index contributed by atoms with van der Waals surface area (Å²) >= 11 is 0. The second-order valence-electron chi connectivity index (χ2n) is 4.80. The largest absolute Gasteiger partial charge is 0.381 e. The predicted molar refractivity (Wildman–Crippen MR) is 71.5 cm³/mol. The number of hydrogen-bond acceptors (Lipinski definition) is 4. The minimum Gasteiger partial charge on any atom is -0.381 e. The van der Waals surface area contributed by atoms with E-state index in [0.717, 1.165) is 12.8 Å². The van der Waals surface area contributed by atoms with Gasteiger partial charge in [-0.1, -0.05) is 0 Å². The van der Waals surface area contributed by atoms with Crippen LogP contribution in [0.3, 0.4) is 0 Å². The second kappa shape index (κ2) is 4.72. The summed E-state index contributed by atoms with van der Waals surface area (Å²) in [5.74, 6) is 0. The summed E-state index contributed by atoms with van der Waals surface area (Å²) in [6.07, 6.45) is 1.49. The molecule has 0 radical (unpaired) electrons. The fraction of sp³-hybridized carbons (Fsp3) is 0.417. The van der Waals surface area contributed by atoms with Crippen LogP contribution >= 0.6 is 0 Å². The monoisotopic (exact) mass is 298 g/mol. The van der Waals surface area contributed by atoms with Gasteiger partial charge in [0, 0.05) is 19.3 Å². The average Bonchev–Trinajstić information content (AvgIpc) is 2.73. The first kappa shape index (κ1) is 13.3. The molecule has 108 valence electrons. The molecule has 0 atom stereocenters. The Kier molecular flexibility index (Phi) is 3.15. The lowest BCUT2D eigenvalue weighted by atomic mass is 10.1. The van der Waals surface area contributed by atoms with Crippen LogP contribution in [0.5, 0.6) is 0 Å². The van der Waals surface area contributed by atoms with Crippen molar-refractivity contribution >= 4 is 21.2 Å². The summed E-state index contributed by atoms with van der Waals surface area (Å²) in [5.41, 5.74) is 0.755. The SMILES string of the molecule is O=c1[nH]c2cc(S(=O)(=O)O)ccc2n1C1CCOCC1. The summed E-state index contributed by atoms with van der Waals surface area (Å²) in [6.45, 7) is 1.21. The van der Waals surface area contributed by atoms with Gasteiger partial charge in [-0.3, -0.25) is 9.12 Å². The molecule has 0 amide bonds. The van der Waals surface area contributed by atoms with Gasteiger partial charge in [-0.15, -0.1) is 0 Å². The van der Waals surface area contributed by atoms with Crippen molar-refractivity contribution in [3.8, 4) is 0 Å². The van der Waals surface area contributed by atoms with Crippen LogP contribution in [0, 0.1) is 0 Å². The number of nitrogens with zero attached hydrogens (tertiary/aromatic N) is 1. The van der Waals surface area contributed by atoms with Crippen LogP contribution in [0.15, 0.2) is 27.9 Å². The average molecular weight is 298 g/mol. The number of rotatable bonds is 2. The third-order valence-electron chi connectivity index (χ3n) is 3.54. The maximum atomic E-state index is 12.1. The lowest BCUT2D eigenvalue weighted by Crippen LogP contribution is -2.27. The third-order valence-corrected chi connectivity index (χ3v) is 4.39. The highest BCUT2D eigenvalue weighted by atomic mass is 32.2. The van der Waals surface area contributed by atoms with Gasteiger partial charge in [-0.05, 0) is 31.0 Å². The normalized spacial score (nSPS) is 17.6. The van der Waals surface area contributed by atoms with Gasteiger partial charge in [0.1, 0.15) is 0 Å². The van der Waals surface area contributed by atoms with E-state index >= 15 is 0 Å². The predicted octanol–water partition coefficient (Wildman–Crippen LogP) is 0.928. The molecule has 1 aromatic carbocycles. The number of benzene rings is 1. The highest BCUT2D eigenvalue weighted by Gasteiger charge is 2.21. The number of hydrogen-bond donors (Lipinski definition) is 2. The number of nitrogens with one attached hydrogen (secondary N) is 1. The van der Waals surface area contributed by atoms with Gasteiger partial charge in [0.05, 0.1) is 15.9 Å². The maximum absolute atomic E-state index is 12.1. The quantitative estimate of drug-likeness (QED) is 0.803. The molecular formula is C12H14N2O5S. The molecule has 2 heterocycles. The van der Waals surface area contributed by atoms with Gasteiger partial charge >= 0.3 is 5.69 Å². The van der Waals surface area contributed by atoms with E-state index in [9.17, 15) is 13.2 Å². The first-order chi connectivity index (χ1) is 9.47. The lowest BCUT2D eigenvalue weighted by molar-refractivity contribution is 0.0698. The molecule has 3 rings (SSSR count). The Morgan fingerprint density at radius 2 is 2.00 bits per heavy atom. The molecule has 0 bridgehead atoms. The number of aromatic amines is 1. The molecule has 0 aliphatic carbocycles. The van der Waals surface area contributed by atoms with Crippen LogP contribution in [0.2, 0.25) is 0 Å². The van der Waals surface area contributed by atoms with Crippen molar-refractivity contribution in [1.82, 2.24) is 9.55 Å². The minimum absolute atomic E-state index is 0.0431. The summed E-state index contributed by atoms with van der Waals surface area (Å²) in [7, 11) is -4.27. The number of H-pyrrole nitrogens is 1. The highest BCUT2D eigenvalue weighted by Crippen LogP contribution is 2.24. The number of aromatic nitrogens is 2. The van der Waals surface area contributed by atoms with E-state index in [2.05, 4.69) is 4.98 Å². The van der Waals surface area contributed by atoms with Crippen molar-refractivity contribution in [2.75, 3.05) is 13.2 Å². The van der Waals surface area contributed by atoms with Crippen LogP contribution in [0.1, 0.15) is 18.9 Å². The topological polar surface area (TPSA) is 101 Å². The van der Waals surface area contributed by atoms with Crippen molar-refractivity contribution in [1.29, 1.82) is 0 Å². The molecule has 8 heteroatoms. The molecule has 2 N–H and O–H groups in total. The smallest absolute Gasteiger partial charge is 0.326 e. The van der Waals surface area contributed by atoms with Crippen LogP contribution in [-0.4, -0.2) is 35.7 Å². The summed E-state index contributed by atoms with van der Waals surface area (Å²) in [4.78, 5) is 14.5. The molecule has 20 heavy (non-hydrogen) atoms. The van der Waals surface area contributed by atoms with Crippen molar-refractivity contribution in [3.05, 3.63) is 28.7 Å². The molecular weight excluding hydrogens is 284 g/mol. The molecule has 1 fully saturated rings. The number of fused-ring (bicyclic) bond motifs is 1. The van der Waals surface area contributed by atoms with Gasteiger partial charge in [0.25, 0.3) is 10.1 Å². The van der Waals surface area contributed by atoms with Crippen molar-refractivity contribution in [3.63, 3.8) is 0 Å². The Labute approximate surface area is 114 Å². The van der Waals surface area contributed by atoms with Crippen LogP contribution in [0.25, 0.3) is 11.0 Å². The molecule has 0 saturated carbocycles. The van der Waals surface area contributed by atoms with Gasteiger partial charge < -0.3 is 9.72 Å². The first-order valence-electron chi connectivity index (χ1n) is 6.26. The van der Waals surface area contributed by atoms with Gasteiger partial charge in [-0.2, -0.15) is 8.42 Å². The van der Waals surface area contributed by atoms with E-state index < -0.39 is 10.1 Å². The minimum atomic E-state index is -4.27. The number of imidazole rings is 1. The molecule has 1 saturated heterocycles. The summed E-state index contributed by atoms with van der Waals surface area (Å²) < 4.78 is 38.2. The van der Waals surface area contributed by atoms with E-state index in [1.807, 2.05) is 0 Å². The standard InChI is InChI=1S/C12H14N2O5S/c15-12-13-10-7-9(20(16,17)18)1-2-11(10)14(12)8-3-5-19-6-4-8/h1-2,7-8H,3-6H2,(H,13,15)(H,16,17,18). The van der Waals surface area contributed by atoms with Gasteiger partial charge in [-0.25, -0.2) is 4.79 Å². The van der Waals surface area contributed by atoms with Crippen LogP contribution in [0.4, 0.5) is 0 Å². The molecule has 0 unspecified atom stereocenters. The Morgan fingerprint density at radius 3 is 2.65 bits per heavy atom. The number of ether oxygens (including phenoxy) is 1. The highest BCUT2D eigenvalue weighted by molar-refractivity contribution is 7.85. The Bertz CT molecular complexity index is 799. The third kappa shape index (κ3) is 2.26. The second-order valence-corrected chi connectivity index (χ2v) is 6.22. The fourth-order valence-electron chi connectivity index (χ4n) is 2.58. The van der Waals surface area contributed by atoms with Gasteiger partial charge in [0.15, 0.2) is 0 Å². The molecule has 1 aromatic heterocycles. The maximum Gasteiger partial charge on any atom is 0.326 e. The van der Waals surface area contributed by atoms with Crippen molar-refractivity contribution in [2.24, 2.45) is 0 Å². The zero-order valence-electron chi connectivity index (χ0n) is 10.6. The van der Waals surface area contributed by atoms with Crippen molar-refractivity contribution in [2.45, 2.75) is 23.8 Å². The molecule has 7 nitrogen and oxygen atoms in total. The van der Waals surface area contributed by atoms with E-state index in [1.54, 1.807) is 4.57 Å². The van der Waals surface area contributed by atoms with Crippen molar-refractivity contribution < 1.29 is 17.7 Å². The van der Waals surface area contributed by atoms with Crippen LogP contribution < -0.4 is 5.69 Å². The fourth-order valence-corrected chi connectivity index (χ4v) is 3.08. The van der Waals surface area contributed by atoms with Gasteiger partial charge in [0.2, 0.25) is 0 Å². The Balaban J connectivity index is 2.14. The summed E-state index contributed by atoms with van der Waals surface area (Å²) in [6, 6.07) is 4.13. The van der Waals surface area contributed by atoms with E-state index in [0.29, 0.717) is 24.2 Å². The van der Waals surface area contributed by atoms with E-state index in [4.69, 9.17) is 9.29 Å². The Morgan fingerprint density at radius 1 is 1.30 bits per heavy atom. The molecule has 2 aromatic rings. The Hall–Kier alpha value is -1.64. The van der Waals surface area contributed by atoms with E-state index in [1.165, 1.54) is 18.2 Å². The zero-order chi connectivity index (χ0) is 14.3.